The summed E-state index contributed by atoms with van der Waals surface area (Å²) in [4.78, 5) is 0. The van der Waals surface area contributed by atoms with Crippen LogP contribution in [-0.2, 0) is 0 Å². The van der Waals surface area contributed by atoms with Gasteiger partial charge in [0.25, 0.3) is 0 Å². The van der Waals surface area contributed by atoms with E-state index in [1.54, 1.807) is 0 Å². The average molecular weight is 257 g/mol. The summed E-state index contributed by atoms with van der Waals surface area (Å²) in [5, 5.41) is 3.80. The summed E-state index contributed by atoms with van der Waals surface area (Å²) < 4.78 is 0. The van der Waals surface area contributed by atoms with Gasteiger partial charge in [-0.05, 0) is 49.6 Å². The first kappa shape index (κ1) is 14.3. The molecule has 2 rings (SSSR count). The largest absolute Gasteiger partial charge is 0.310 e. The van der Waals surface area contributed by atoms with Gasteiger partial charge >= 0.3 is 0 Å². The third-order valence-electron chi connectivity index (χ3n) is 3.94. The molecule has 1 aliphatic rings. The lowest BCUT2D eigenvalue weighted by atomic mass is 9.92. The van der Waals surface area contributed by atoms with E-state index in [0.717, 1.165) is 18.4 Å². The van der Waals surface area contributed by atoms with E-state index in [2.05, 4.69) is 61.6 Å². The van der Waals surface area contributed by atoms with Crippen LogP contribution in [0.15, 0.2) is 42.5 Å². The fraction of sp³-hybridized carbons (Fsp3) is 0.556. The van der Waals surface area contributed by atoms with Crippen molar-refractivity contribution >= 4 is 0 Å². The van der Waals surface area contributed by atoms with Crippen molar-refractivity contribution in [3.05, 3.63) is 48.0 Å². The van der Waals surface area contributed by atoms with Gasteiger partial charge in [-0.3, -0.25) is 0 Å². The molecular formula is C18H27N. The van der Waals surface area contributed by atoms with Gasteiger partial charge in [-0.2, -0.15) is 0 Å². The second kappa shape index (κ2) is 7.49. The minimum absolute atomic E-state index is 0.507. The van der Waals surface area contributed by atoms with E-state index in [1.807, 2.05) is 0 Å². The maximum Gasteiger partial charge on any atom is 0.0322 e. The standard InChI is InChI=1S/C18H27N/c1-15(2)13-18(17-11-7-4-8-12-17)19-14-16-9-5-3-6-10-16/h3-5,7-8,11-12,15-16,18-19H,6,9-10,13-14H2,1-2H3. The summed E-state index contributed by atoms with van der Waals surface area (Å²) in [6.45, 7) is 5.76. The van der Waals surface area contributed by atoms with Crippen molar-refractivity contribution in [2.45, 2.75) is 45.6 Å². The Labute approximate surface area is 118 Å². The molecule has 1 N–H and O–H groups in total. The third kappa shape index (κ3) is 4.83. The van der Waals surface area contributed by atoms with Crippen molar-refractivity contribution in [3.8, 4) is 0 Å². The van der Waals surface area contributed by atoms with Crippen molar-refractivity contribution in [1.29, 1.82) is 0 Å². The zero-order valence-electron chi connectivity index (χ0n) is 12.3. The Morgan fingerprint density at radius 2 is 1.95 bits per heavy atom. The van der Waals surface area contributed by atoms with Crippen molar-refractivity contribution in [1.82, 2.24) is 5.32 Å². The molecule has 0 saturated carbocycles. The third-order valence-corrected chi connectivity index (χ3v) is 3.94. The number of benzene rings is 1. The molecule has 1 aromatic carbocycles. The fourth-order valence-electron chi connectivity index (χ4n) is 2.84. The van der Waals surface area contributed by atoms with Gasteiger partial charge in [0.15, 0.2) is 0 Å². The van der Waals surface area contributed by atoms with Gasteiger partial charge in [-0.25, -0.2) is 0 Å². The Balaban J connectivity index is 1.92. The highest BCUT2D eigenvalue weighted by molar-refractivity contribution is 5.19. The van der Waals surface area contributed by atoms with Gasteiger partial charge in [0, 0.05) is 6.04 Å². The van der Waals surface area contributed by atoms with Crippen LogP contribution in [0, 0.1) is 11.8 Å². The van der Waals surface area contributed by atoms with Crippen LogP contribution in [0.1, 0.15) is 51.1 Å². The number of allylic oxidation sites excluding steroid dienone is 2. The van der Waals surface area contributed by atoms with E-state index >= 15 is 0 Å². The molecule has 19 heavy (non-hydrogen) atoms. The van der Waals surface area contributed by atoms with Crippen LogP contribution in [0.25, 0.3) is 0 Å². The highest BCUT2D eigenvalue weighted by atomic mass is 14.9. The van der Waals surface area contributed by atoms with Gasteiger partial charge in [0.05, 0.1) is 0 Å². The Hall–Kier alpha value is -1.08. The van der Waals surface area contributed by atoms with Crippen LogP contribution in [0.3, 0.4) is 0 Å². The summed E-state index contributed by atoms with van der Waals surface area (Å²) in [5.41, 5.74) is 1.43. The van der Waals surface area contributed by atoms with Crippen molar-refractivity contribution in [2.24, 2.45) is 11.8 Å². The van der Waals surface area contributed by atoms with Crippen LogP contribution in [-0.4, -0.2) is 6.54 Å². The summed E-state index contributed by atoms with van der Waals surface area (Å²) in [7, 11) is 0. The summed E-state index contributed by atoms with van der Waals surface area (Å²) in [5.74, 6) is 1.55. The first-order chi connectivity index (χ1) is 9.25. The van der Waals surface area contributed by atoms with E-state index in [4.69, 9.17) is 0 Å². The van der Waals surface area contributed by atoms with Gasteiger partial charge in [-0.15, -0.1) is 0 Å². The molecule has 0 bridgehead atoms. The average Bonchev–Trinajstić information content (AvgIpc) is 2.45. The molecule has 1 nitrogen and oxygen atoms in total. The lowest BCUT2D eigenvalue weighted by molar-refractivity contribution is 0.370. The number of rotatable bonds is 6. The molecule has 0 saturated heterocycles. The smallest absolute Gasteiger partial charge is 0.0322 e. The second-order valence-corrected chi connectivity index (χ2v) is 6.15. The molecule has 0 aliphatic heterocycles. The highest BCUT2D eigenvalue weighted by Crippen LogP contribution is 2.23. The first-order valence-corrected chi connectivity index (χ1v) is 7.69. The SMILES string of the molecule is CC(C)CC(NCC1CC=CCC1)c1ccccc1. The van der Waals surface area contributed by atoms with E-state index in [0.29, 0.717) is 6.04 Å². The van der Waals surface area contributed by atoms with Gasteiger partial charge < -0.3 is 5.32 Å². The quantitative estimate of drug-likeness (QED) is 0.727. The topological polar surface area (TPSA) is 12.0 Å². The van der Waals surface area contributed by atoms with Crippen LogP contribution in [0.2, 0.25) is 0 Å². The molecule has 0 radical (unpaired) electrons. The van der Waals surface area contributed by atoms with Gasteiger partial charge in [-0.1, -0.05) is 56.3 Å². The van der Waals surface area contributed by atoms with E-state index in [-0.39, 0.29) is 0 Å². The minimum atomic E-state index is 0.507. The number of nitrogens with one attached hydrogen (secondary N) is 1. The predicted octanol–water partition coefficient (Wildman–Crippen LogP) is 4.72. The molecule has 2 atom stereocenters. The van der Waals surface area contributed by atoms with Gasteiger partial charge in [0.1, 0.15) is 0 Å². The molecule has 1 heteroatoms. The number of hydrogen-bond acceptors (Lipinski definition) is 1. The molecular weight excluding hydrogens is 230 g/mol. The Bertz CT molecular complexity index is 380. The molecule has 0 fully saturated rings. The maximum absolute atomic E-state index is 3.80. The second-order valence-electron chi connectivity index (χ2n) is 6.15. The van der Waals surface area contributed by atoms with E-state index in [1.165, 1.54) is 31.2 Å². The molecule has 0 amide bonds. The molecule has 0 spiro atoms. The lowest BCUT2D eigenvalue weighted by Crippen LogP contribution is -2.28. The molecule has 104 valence electrons. The molecule has 1 aromatic rings. The fourth-order valence-corrected chi connectivity index (χ4v) is 2.84. The highest BCUT2D eigenvalue weighted by Gasteiger charge is 2.16. The van der Waals surface area contributed by atoms with Crippen molar-refractivity contribution < 1.29 is 0 Å². The van der Waals surface area contributed by atoms with E-state index < -0.39 is 0 Å². The van der Waals surface area contributed by atoms with Crippen molar-refractivity contribution in [2.75, 3.05) is 6.54 Å². The molecule has 1 aliphatic carbocycles. The summed E-state index contributed by atoms with van der Waals surface area (Å²) in [6, 6.07) is 11.4. The normalized spacial score (nSPS) is 20.7. The van der Waals surface area contributed by atoms with Crippen LogP contribution in [0.4, 0.5) is 0 Å². The Morgan fingerprint density at radius 3 is 2.58 bits per heavy atom. The first-order valence-electron chi connectivity index (χ1n) is 7.69. The molecule has 0 aromatic heterocycles. The monoisotopic (exact) mass is 257 g/mol. The molecule has 2 unspecified atom stereocenters. The zero-order valence-corrected chi connectivity index (χ0v) is 12.3. The summed E-state index contributed by atoms with van der Waals surface area (Å²) in [6.07, 6.45) is 9.72. The summed E-state index contributed by atoms with van der Waals surface area (Å²) >= 11 is 0. The van der Waals surface area contributed by atoms with Crippen LogP contribution >= 0.6 is 0 Å². The minimum Gasteiger partial charge on any atom is -0.310 e. The Morgan fingerprint density at radius 1 is 1.16 bits per heavy atom. The predicted molar refractivity (Wildman–Crippen MR) is 83.1 cm³/mol. The lowest BCUT2D eigenvalue weighted by Gasteiger charge is -2.25. The Kier molecular flexibility index (Phi) is 5.65. The van der Waals surface area contributed by atoms with Crippen molar-refractivity contribution in [3.63, 3.8) is 0 Å². The van der Waals surface area contributed by atoms with E-state index in [9.17, 15) is 0 Å². The van der Waals surface area contributed by atoms with Gasteiger partial charge in [0.2, 0.25) is 0 Å². The van der Waals surface area contributed by atoms with Crippen LogP contribution < -0.4 is 5.32 Å². The maximum atomic E-state index is 3.80. The number of hydrogen-bond donors (Lipinski definition) is 1. The van der Waals surface area contributed by atoms with Crippen LogP contribution in [0.5, 0.6) is 0 Å². The zero-order chi connectivity index (χ0) is 13.5. The molecule has 0 heterocycles.